The van der Waals surface area contributed by atoms with Gasteiger partial charge in [0.25, 0.3) is 0 Å². The minimum absolute atomic E-state index is 0.206. The lowest BCUT2D eigenvalue weighted by Crippen LogP contribution is -2.30. The molecule has 0 heterocycles. The number of nitrogens with zero attached hydrogens (tertiary/aromatic N) is 2. The van der Waals surface area contributed by atoms with Gasteiger partial charge in [-0.2, -0.15) is 4.58 Å². The first-order valence-electron chi connectivity index (χ1n) is 17.9. The molecule has 0 spiro atoms. The molecule has 258 valence electrons. The highest BCUT2D eigenvalue weighted by atomic mass is 16.3. The molecule has 0 radical (unpaired) electrons. The SMILES string of the molecule is Cc1ccc(CN(c2ccc(C3=C([O-])C(=C4C=CC(=[N+](Cc5ccc(C)cc5)c5ccc(C)cc5C)C=C4)C3=O)cc2)c2ccc(C)cc2C)cc1. The maximum atomic E-state index is 13.6. The molecular weight excluding hydrogens is 637 g/mol. The van der Waals surface area contributed by atoms with E-state index in [-0.39, 0.29) is 22.7 Å². The molecule has 4 heteroatoms. The van der Waals surface area contributed by atoms with Gasteiger partial charge >= 0.3 is 0 Å². The third-order valence-corrected chi connectivity index (χ3v) is 10.1. The molecule has 0 aromatic heterocycles. The van der Waals surface area contributed by atoms with Crippen LogP contribution in [0.2, 0.25) is 0 Å². The number of hydrogen-bond acceptors (Lipinski definition) is 3. The van der Waals surface area contributed by atoms with Crippen LogP contribution < -0.4 is 10.0 Å². The number of anilines is 2. The maximum absolute atomic E-state index is 13.6. The summed E-state index contributed by atoms with van der Waals surface area (Å²) in [6.07, 6.45) is 7.83. The van der Waals surface area contributed by atoms with Gasteiger partial charge in [-0.05, 0) is 100 Å². The zero-order valence-corrected chi connectivity index (χ0v) is 30.8. The summed E-state index contributed by atoms with van der Waals surface area (Å²) in [6.45, 7) is 14.1. The Morgan fingerprint density at radius 1 is 0.577 bits per heavy atom. The van der Waals surface area contributed by atoms with E-state index in [1.54, 1.807) is 0 Å². The van der Waals surface area contributed by atoms with Crippen LogP contribution in [0.1, 0.15) is 50.1 Å². The molecule has 0 bridgehead atoms. The third kappa shape index (κ3) is 6.97. The normalized spacial score (nSPS) is 13.9. The number of hydrogen-bond donors (Lipinski definition) is 0. The molecule has 0 saturated heterocycles. The number of aryl methyl sites for hydroxylation is 6. The van der Waals surface area contributed by atoms with Gasteiger partial charge < -0.3 is 10.0 Å². The maximum Gasteiger partial charge on any atom is 0.208 e. The van der Waals surface area contributed by atoms with Crippen LogP contribution in [0.4, 0.5) is 17.1 Å². The van der Waals surface area contributed by atoms with E-state index < -0.39 is 0 Å². The number of carbonyl (C=O) groups excluding carboxylic acids is 1. The highest BCUT2D eigenvalue weighted by Crippen LogP contribution is 2.39. The molecule has 0 amide bonds. The van der Waals surface area contributed by atoms with E-state index in [1.807, 2.05) is 48.6 Å². The summed E-state index contributed by atoms with van der Waals surface area (Å²) >= 11 is 0. The molecule has 2 aliphatic carbocycles. The molecule has 0 saturated carbocycles. The molecular formula is C48H44N2O2. The Morgan fingerprint density at radius 2 is 1.13 bits per heavy atom. The van der Waals surface area contributed by atoms with Crippen LogP contribution in [0.15, 0.2) is 150 Å². The van der Waals surface area contributed by atoms with E-state index in [4.69, 9.17) is 0 Å². The molecule has 0 fully saturated rings. The molecule has 0 aliphatic heterocycles. The average molecular weight is 681 g/mol. The van der Waals surface area contributed by atoms with Gasteiger partial charge in [-0.15, -0.1) is 0 Å². The van der Waals surface area contributed by atoms with Gasteiger partial charge in [0, 0.05) is 58.4 Å². The van der Waals surface area contributed by atoms with E-state index in [9.17, 15) is 9.90 Å². The van der Waals surface area contributed by atoms with Crippen LogP contribution in [0.25, 0.3) is 5.57 Å². The summed E-state index contributed by atoms with van der Waals surface area (Å²) in [5, 5.41) is 13.6. The summed E-state index contributed by atoms with van der Waals surface area (Å²) in [5.74, 6) is -0.412. The van der Waals surface area contributed by atoms with Crippen LogP contribution in [-0.2, 0) is 17.9 Å². The summed E-state index contributed by atoms with van der Waals surface area (Å²) < 4.78 is 2.29. The van der Waals surface area contributed by atoms with Crippen LogP contribution in [-0.4, -0.2) is 16.1 Å². The molecule has 7 rings (SSSR count). The number of carbonyl (C=O) groups is 1. The molecule has 0 atom stereocenters. The molecule has 0 unspecified atom stereocenters. The van der Waals surface area contributed by atoms with Gasteiger partial charge in [-0.1, -0.05) is 107 Å². The van der Waals surface area contributed by atoms with Crippen molar-refractivity contribution in [2.24, 2.45) is 0 Å². The van der Waals surface area contributed by atoms with E-state index in [1.165, 1.54) is 44.5 Å². The quantitative estimate of drug-likeness (QED) is 0.121. The first-order valence-corrected chi connectivity index (χ1v) is 17.9. The lowest BCUT2D eigenvalue weighted by Gasteiger charge is -2.33. The summed E-state index contributed by atoms with van der Waals surface area (Å²) in [5.41, 5.74) is 15.7. The zero-order valence-electron chi connectivity index (χ0n) is 30.8. The first-order chi connectivity index (χ1) is 25.0. The molecule has 5 aromatic carbocycles. The molecule has 0 N–H and O–H groups in total. The van der Waals surface area contributed by atoms with Crippen molar-refractivity contribution in [3.63, 3.8) is 0 Å². The Balaban J connectivity index is 1.18. The number of allylic oxidation sites excluding steroid dienone is 7. The number of ketones is 1. The topological polar surface area (TPSA) is 46.4 Å². The van der Waals surface area contributed by atoms with Crippen molar-refractivity contribution in [1.82, 2.24) is 0 Å². The lowest BCUT2D eigenvalue weighted by molar-refractivity contribution is -0.456. The second-order valence-corrected chi connectivity index (χ2v) is 14.2. The van der Waals surface area contributed by atoms with Gasteiger partial charge in [-0.25, -0.2) is 0 Å². The van der Waals surface area contributed by atoms with Crippen LogP contribution >= 0.6 is 0 Å². The van der Waals surface area contributed by atoms with Crippen molar-refractivity contribution in [2.45, 2.75) is 54.6 Å². The Hall–Kier alpha value is -6.00. The largest absolute Gasteiger partial charge is 0.871 e. The fourth-order valence-electron chi connectivity index (χ4n) is 7.13. The first kappa shape index (κ1) is 34.4. The lowest BCUT2D eigenvalue weighted by atomic mass is 9.80. The predicted octanol–water partition coefficient (Wildman–Crippen LogP) is 9.94. The third-order valence-electron chi connectivity index (χ3n) is 10.1. The van der Waals surface area contributed by atoms with E-state index >= 15 is 0 Å². The smallest absolute Gasteiger partial charge is 0.208 e. The Labute approximate surface area is 307 Å². The fourth-order valence-corrected chi connectivity index (χ4v) is 7.13. The van der Waals surface area contributed by atoms with Crippen molar-refractivity contribution in [3.05, 3.63) is 200 Å². The standard InChI is InChI=1S/C48H44N2O2/c1-31-7-13-37(14-8-31)29-49(43-25-11-33(3)27-35(43)5)41-21-17-39(18-22-41)45-47(51)46(48(45)52)40-19-23-42(24-20-40)50(30-38-15-9-32(2)10-16-38)44-26-12-34(4)28-36(44)6/h7-28H,29-30H2,1-6H3. The average Bonchev–Trinajstić information content (AvgIpc) is 3.13. The van der Waals surface area contributed by atoms with Crippen LogP contribution in [0.3, 0.4) is 0 Å². The fraction of sp³-hybridized carbons (Fsp3) is 0.167. The van der Waals surface area contributed by atoms with Gasteiger partial charge in [0.05, 0.1) is 0 Å². The molecule has 4 nitrogen and oxygen atoms in total. The van der Waals surface area contributed by atoms with E-state index in [0.29, 0.717) is 24.2 Å². The Morgan fingerprint density at radius 3 is 1.71 bits per heavy atom. The number of Topliss-reactive ketones (excluding diaryl/α,β-unsaturated/α-hetero) is 1. The molecule has 52 heavy (non-hydrogen) atoms. The highest BCUT2D eigenvalue weighted by molar-refractivity contribution is 6.39. The summed E-state index contributed by atoms with van der Waals surface area (Å²) in [6, 6.07) is 38.0. The minimum atomic E-state index is -0.206. The highest BCUT2D eigenvalue weighted by Gasteiger charge is 2.31. The monoisotopic (exact) mass is 680 g/mol. The van der Waals surface area contributed by atoms with Crippen molar-refractivity contribution < 1.29 is 14.5 Å². The van der Waals surface area contributed by atoms with Crippen LogP contribution in [0.5, 0.6) is 0 Å². The molecule has 5 aromatic rings. The number of rotatable bonds is 8. The summed E-state index contributed by atoms with van der Waals surface area (Å²) in [7, 11) is 0. The van der Waals surface area contributed by atoms with E-state index in [0.717, 1.165) is 22.8 Å². The van der Waals surface area contributed by atoms with Gasteiger partial charge in [0.1, 0.15) is 0 Å². The van der Waals surface area contributed by atoms with Crippen molar-refractivity contribution in [3.8, 4) is 0 Å². The second kappa shape index (κ2) is 14.3. The van der Waals surface area contributed by atoms with Crippen LogP contribution in [0, 0.1) is 41.5 Å². The van der Waals surface area contributed by atoms with Crippen molar-refractivity contribution >= 4 is 34.1 Å². The second-order valence-electron chi connectivity index (χ2n) is 14.2. The van der Waals surface area contributed by atoms with Gasteiger partial charge in [0.2, 0.25) is 11.4 Å². The Kier molecular flexibility index (Phi) is 9.49. The number of benzene rings is 5. The Bertz CT molecular complexity index is 2330. The van der Waals surface area contributed by atoms with Gasteiger partial charge in [0.15, 0.2) is 12.3 Å². The van der Waals surface area contributed by atoms with Gasteiger partial charge in [-0.3, -0.25) is 4.79 Å². The predicted molar refractivity (Wildman–Crippen MR) is 212 cm³/mol. The summed E-state index contributed by atoms with van der Waals surface area (Å²) in [4.78, 5) is 15.9. The van der Waals surface area contributed by atoms with Crippen molar-refractivity contribution in [1.29, 1.82) is 0 Å². The van der Waals surface area contributed by atoms with Crippen molar-refractivity contribution in [2.75, 3.05) is 4.90 Å². The zero-order chi connectivity index (χ0) is 36.5. The molecule has 2 aliphatic rings. The minimum Gasteiger partial charge on any atom is -0.871 e. The van der Waals surface area contributed by atoms with E-state index in [2.05, 4.69) is 136 Å².